The van der Waals surface area contributed by atoms with Crippen LogP contribution in [-0.4, -0.2) is 55.3 Å². The standard InChI is InChI=1S/C15H23N3O4/c1-11(17-6-7-22-10-12(17)2)9-16-13-4-5-14(18(19)20)15(8-13)21-3/h4-5,8,11-12,16H,6-7,9-10H2,1-3H3/t11-,12-/m0/s1. The number of nitrogens with zero attached hydrogens (tertiary/aromatic N) is 2. The lowest BCUT2D eigenvalue weighted by molar-refractivity contribution is -0.385. The van der Waals surface area contributed by atoms with Crippen LogP contribution in [0.3, 0.4) is 0 Å². The number of morpholine rings is 1. The van der Waals surface area contributed by atoms with Crippen LogP contribution < -0.4 is 10.1 Å². The molecule has 1 aromatic rings. The van der Waals surface area contributed by atoms with Gasteiger partial charge in [-0.15, -0.1) is 0 Å². The quantitative estimate of drug-likeness (QED) is 0.641. The van der Waals surface area contributed by atoms with Gasteiger partial charge in [0.2, 0.25) is 0 Å². The fraction of sp³-hybridized carbons (Fsp3) is 0.600. The molecule has 22 heavy (non-hydrogen) atoms. The van der Waals surface area contributed by atoms with Gasteiger partial charge in [0.25, 0.3) is 0 Å². The van der Waals surface area contributed by atoms with E-state index in [1.807, 2.05) is 0 Å². The average Bonchev–Trinajstić information content (AvgIpc) is 2.52. The topological polar surface area (TPSA) is 76.9 Å². The maximum atomic E-state index is 10.9. The van der Waals surface area contributed by atoms with Gasteiger partial charge in [0, 0.05) is 43.0 Å². The minimum Gasteiger partial charge on any atom is -0.490 e. The van der Waals surface area contributed by atoms with Crippen LogP contribution in [-0.2, 0) is 4.74 Å². The maximum absolute atomic E-state index is 10.9. The molecule has 1 aliphatic rings. The summed E-state index contributed by atoms with van der Waals surface area (Å²) < 4.78 is 10.5. The van der Waals surface area contributed by atoms with Crippen molar-refractivity contribution in [3.8, 4) is 5.75 Å². The van der Waals surface area contributed by atoms with Gasteiger partial charge in [0.05, 0.1) is 25.2 Å². The molecule has 0 aliphatic carbocycles. The SMILES string of the molecule is COc1cc(NC[C@H](C)N2CCOC[C@@H]2C)ccc1[N+](=O)[O-]. The number of anilines is 1. The molecule has 1 N–H and O–H groups in total. The number of nitro benzene ring substituents is 1. The lowest BCUT2D eigenvalue weighted by atomic mass is 10.1. The molecule has 7 heteroatoms. The van der Waals surface area contributed by atoms with Crippen LogP contribution in [0.2, 0.25) is 0 Å². The third-order valence-corrected chi connectivity index (χ3v) is 3.96. The molecule has 2 rings (SSSR count). The lowest BCUT2D eigenvalue weighted by Gasteiger charge is -2.38. The van der Waals surface area contributed by atoms with Crippen LogP contribution in [0.5, 0.6) is 5.75 Å². The Hall–Kier alpha value is -1.86. The van der Waals surface area contributed by atoms with E-state index in [1.54, 1.807) is 12.1 Å². The number of hydrogen-bond acceptors (Lipinski definition) is 6. The van der Waals surface area contributed by atoms with Crippen molar-refractivity contribution in [1.29, 1.82) is 0 Å². The van der Waals surface area contributed by atoms with E-state index in [0.29, 0.717) is 12.1 Å². The number of methoxy groups -OCH3 is 1. The summed E-state index contributed by atoms with van der Waals surface area (Å²) in [6.07, 6.45) is 0. The molecule has 0 unspecified atom stereocenters. The molecule has 0 spiro atoms. The number of hydrogen-bond donors (Lipinski definition) is 1. The van der Waals surface area contributed by atoms with Gasteiger partial charge in [-0.1, -0.05) is 0 Å². The molecule has 7 nitrogen and oxygen atoms in total. The summed E-state index contributed by atoms with van der Waals surface area (Å²) in [5, 5.41) is 14.2. The van der Waals surface area contributed by atoms with Gasteiger partial charge in [-0.3, -0.25) is 15.0 Å². The molecule has 1 saturated heterocycles. The highest BCUT2D eigenvalue weighted by atomic mass is 16.6. The van der Waals surface area contributed by atoms with Gasteiger partial charge < -0.3 is 14.8 Å². The van der Waals surface area contributed by atoms with Crippen LogP contribution in [0.4, 0.5) is 11.4 Å². The van der Waals surface area contributed by atoms with E-state index in [0.717, 1.165) is 32.0 Å². The molecular weight excluding hydrogens is 286 g/mol. The van der Waals surface area contributed by atoms with Gasteiger partial charge in [0.15, 0.2) is 5.75 Å². The Morgan fingerprint density at radius 2 is 2.36 bits per heavy atom. The molecule has 2 atom stereocenters. The number of nitro groups is 1. The third kappa shape index (κ3) is 3.86. The Bertz CT molecular complexity index is 524. The fourth-order valence-electron chi connectivity index (χ4n) is 2.72. The second-order valence-electron chi connectivity index (χ2n) is 5.54. The van der Waals surface area contributed by atoms with Crippen molar-refractivity contribution in [2.75, 3.05) is 38.7 Å². The highest BCUT2D eigenvalue weighted by molar-refractivity contribution is 5.58. The summed E-state index contributed by atoms with van der Waals surface area (Å²) in [6.45, 7) is 7.52. The van der Waals surface area contributed by atoms with Gasteiger partial charge >= 0.3 is 5.69 Å². The zero-order valence-electron chi connectivity index (χ0n) is 13.2. The second kappa shape index (κ2) is 7.42. The number of benzene rings is 1. The average molecular weight is 309 g/mol. The summed E-state index contributed by atoms with van der Waals surface area (Å²) in [7, 11) is 1.43. The second-order valence-corrected chi connectivity index (χ2v) is 5.54. The zero-order valence-corrected chi connectivity index (χ0v) is 13.2. The predicted molar refractivity (Wildman–Crippen MR) is 84.6 cm³/mol. The van der Waals surface area contributed by atoms with Crippen LogP contribution >= 0.6 is 0 Å². The van der Waals surface area contributed by atoms with Crippen LogP contribution in [0, 0.1) is 10.1 Å². The summed E-state index contributed by atoms with van der Waals surface area (Å²) in [4.78, 5) is 12.8. The van der Waals surface area contributed by atoms with Crippen molar-refractivity contribution in [1.82, 2.24) is 4.90 Å². The predicted octanol–water partition coefficient (Wildman–Crippen LogP) is 2.12. The summed E-state index contributed by atoms with van der Waals surface area (Å²) in [5.41, 5.74) is 0.790. The highest BCUT2D eigenvalue weighted by Gasteiger charge is 2.23. The Kier molecular flexibility index (Phi) is 5.57. The number of rotatable bonds is 6. The van der Waals surface area contributed by atoms with Crippen molar-refractivity contribution in [2.24, 2.45) is 0 Å². The van der Waals surface area contributed by atoms with Gasteiger partial charge in [-0.05, 0) is 19.9 Å². The van der Waals surface area contributed by atoms with E-state index in [9.17, 15) is 10.1 Å². The van der Waals surface area contributed by atoms with Crippen LogP contribution in [0.1, 0.15) is 13.8 Å². The van der Waals surface area contributed by atoms with Crippen LogP contribution in [0.25, 0.3) is 0 Å². The van der Waals surface area contributed by atoms with Crippen molar-refractivity contribution >= 4 is 11.4 Å². The molecule has 1 aromatic carbocycles. The minimum absolute atomic E-state index is 0.0251. The normalized spacial score (nSPS) is 20.4. The molecule has 1 heterocycles. The van der Waals surface area contributed by atoms with Gasteiger partial charge in [0.1, 0.15) is 0 Å². The van der Waals surface area contributed by atoms with Crippen molar-refractivity contribution in [3.05, 3.63) is 28.3 Å². The summed E-state index contributed by atoms with van der Waals surface area (Å²) in [6, 6.07) is 5.57. The van der Waals surface area contributed by atoms with Crippen LogP contribution in [0.15, 0.2) is 18.2 Å². The first-order chi connectivity index (χ1) is 10.5. The lowest BCUT2D eigenvalue weighted by Crippen LogP contribution is -2.50. The highest BCUT2D eigenvalue weighted by Crippen LogP contribution is 2.29. The maximum Gasteiger partial charge on any atom is 0.311 e. The number of nitrogens with one attached hydrogen (secondary N) is 1. The van der Waals surface area contributed by atoms with Crippen molar-refractivity contribution in [2.45, 2.75) is 25.9 Å². The Balaban J connectivity index is 1.97. The molecule has 0 amide bonds. The molecule has 1 aliphatic heterocycles. The van der Waals surface area contributed by atoms with E-state index in [4.69, 9.17) is 9.47 Å². The van der Waals surface area contributed by atoms with E-state index in [2.05, 4.69) is 24.1 Å². The molecule has 0 bridgehead atoms. The summed E-state index contributed by atoms with van der Waals surface area (Å²) in [5.74, 6) is 0.266. The zero-order chi connectivity index (χ0) is 16.1. The number of ether oxygens (including phenoxy) is 2. The molecule has 0 radical (unpaired) electrons. The van der Waals surface area contributed by atoms with E-state index in [1.165, 1.54) is 13.2 Å². The molecule has 0 saturated carbocycles. The van der Waals surface area contributed by atoms with E-state index in [-0.39, 0.29) is 11.4 Å². The molecular formula is C15H23N3O4. The first-order valence-electron chi connectivity index (χ1n) is 7.42. The van der Waals surface area contributed by atoms with Gasteiger partial charge in [-0.25, -0.2) is 0 Å². The Morgan fingerprint density at radius 3 is 3.00 bits per heavy atom. The molecule has 1 fully saturated rings. The van der Waals surface area contributed by atoms with Gasteiger partial charge in [-0.2, -0.15) is 0 Å². The fourth-order valence-corrected chi connectivity index (χ4v) is 2.72. The first kappa shape index (κ1) is 16.5. The Morgan fingerprint density at radius 1 is 1.59 bits per heavy atom. The monoisotopic (exact) mass is 309 g/mol. The largest absolute Gasteiger partial charge is 0.490 e. The first-order valence-corrected chi connectivity index (χ1v) is 7.42. The molecule has 122 valence electrons. The smallest absolute Gasteiger partial charge is 0.311 e. The third-order valence-electron chi connectivity index (χ3n) is 3.96. The Labute approximate surface area is 130 Å². The van der Waals surface area contributed by atoms with E-state index >= 15 is 0 Å². The van der Waals surface area contributed by atoms with E-state index < -0.39 is 4.92 Å². The minimum atomic E-state index is -0.444. The van der Waals surface area contributed by atoms with Crippen molar-refractivity contribution in [3.63, 3.8) is 0 Å². The molecule has 0 aromatic heterocycles. The summed E-state index contributed by atoms with van der Waals surface area (Å²) >= 11 is 0. The van der Waals surface area contributed by atoms with Crippen molar-refractivity contribution < 1.29 is 14.4 Å².